The molecule has 0 aliphatic heterocycles. The van der Waals surface area contributed by atoms with Gasteiger partial charge in [-0.15, -0.1) is 0 Å². The summed E-state index contributed by atoms with van der Waals surface area (Å²) in [6, 6.07) is 0. The van der Waals surface area contributed by atoms with Crippen LogP contribution in [0.4, 0.5) is 0 Å². The van der Waals surface area contributed by atoms with E-state index >= 15 is 0 Å². The quantitative estimate of drug-likeness (QED) is 0.0146. The molecule has 5 atom stereocenters. The third kappa shape index (κ3) is 76.6. The zero-order valence-corrected chi connectivity index (χ0v) is 65.1. The van der Waals surface area contributed by atoms with Gasteiger partial charge < -0.3 is 34.2 Å². The van der Waals surface area contributed by atoms with E-state index in [0.29, 0.717) is 19.3 Å². The van der Waals surface area contributed by atoms with E-state index in [0.717, 1.165) is 135 Å². The molecule has 0 spiro atoms. The third-order valence-corrected chi connectivity index (χ3v) is 18.3. The highest BCUT2D eigenvalue weighted by Crippen LogP contribution is 2.45. The van der Waals surface area contributed by atoms with E-state index in [1.165, 1.54) is 122 Å². The lowest BCUT2D eigenvalue weighted by molar-refractivity contribution is -0.161. The molecule has 580 valence electrons. The molecule has 0 fully saturated rings. The second-order valence-electron chi connectivity index (χ2n) is 26.1. The maximum absolute atomic E-state index is 12.9. The fourth-order valence-corrected chi connectivity index (χ4v) is 12.0. The number of aliphatic hydroxyl groups excluding tert-OH is 2. The molecule has 16 nitrogen and oxygen atoms in total. The highest BCUT2D eigenvalue weighted by Gasteiger charge is 2.29. The van der Waals surface area contributed by atoms with Gasteiger partial charge in [0.2, 0.25) is 0 Å². The topological polar surface area (TPSA) is 231 Å². The van der Waals surface area contributed by atoms with E-state index in [1.807, 2.05) is 0 Å². The number of rotatable bonds is 74. The molecule has 0 aromatic carbocycles. The Morgan fingerprint density at radius 2 is 0.525 bits per heavy atom. The number of carbonyl (C=O) groups is 3. The molecule has 0 heterocycles. The first-order chi connectivity index (χ1) is 49.2. The zero-order valence-electron chi connectivity index (χ0n) is 63.3. The Labute approximate surface area is 614 Å². The summed E-state index contributed by atoms with van der Waals surface area (Å²) >= 11 is 0. The minimum Gasteiger partial charge on any atom is -0.463 e. The first-order valence-electron chi connectivity index (χ1n) is 39.5. The van der Waals surface area contributed by atoms with Crippen LogP contribution in [0.15, 0.2) is 134 Å². The second kappa shape index (κ2) is 75.4. The number of hydrogen-bond acceptors (Lipinski definition) is 14. The van der Waals surface area contributed by atoms with Crippen LogP contribution in [0.1, 0.15) is 316 Å². The fourth-order valence-electron chi connectivity index (χ4n) is 10.4. The number of hydrogen-bond donors (Lipinski definition) is 4. The number of carbonyl (C=O) groups excluding carboxylic acids is 3. The molecule has 4 N–H and O–H groups in total. The van der Waals surface area contributed by atoms with Crippen molar-refractivity contribution in [3.63, 3.8) is 0 Å². The Hall–Kier alpha value is -4.31. The van der Waals surface area contributed by atoms with Crippen molar-refractivity contribution in [1.29, 1.82) is 0 Å². The number of phosphoric ester groups is 2. The predicted molar refractivity (Wildman–Crippen MR) is 417 cm³/mol. The van der Waals surface area contributed by atoms with Crippen molar-refractivity contribution in [2.24, 2.45) is 0 Å². The van der Waals surface area contributed by atoms with E-state index < -0.39 is 91.5 Å². The van der Waals surface area contributed by atoms with Crippen LogP contribution in [-0.4, -0.2) is 95.9 Å². The summed E-state index contributed by atoms with van der Waals surface area (Å²) in [6.07, 6.45) is 91.0. The predicted octanol–water partition coefficient (Wildman–Crippen LogP) is 23.1. The van der Waals surface area contributed by atoms with Gasteiger partial charge in [0.1, 0.15) is 25.4 Å². The standard InChI is InChI=1S/C83H142O16P2/c1-4-7-10-13-16-19-22-24-26-28-30-31-32-33-34-35-36-37-38-39-40-41-42-43-44-45-47-49-50-52-55-57-60-63-66-69-81(86)93-72-78(84)73-95-100(89,90)96-74-79(85)75-97-101(91,92)98-77-80(99-83(88)71-68-65-62-59-54-21-18-15-12-9-6-3)76-94-82(87)70-67-64-61-58-56-53-51-48-46-29-27-25-23-20-17-14-11-8-5-2/h7-8,10-11,16-17,19-20,24-27,30-31,33-34,36-37,46,48,53,56,78-80,84-85H,4-6,9,12-15,18,21-23,28-29,32,35,38-45,47,49-52,54-55,57-77H2,1-3H3,(H,89,90)(H,91,92)/b10-7-,11-8-,19-16-,20-17-,26-24-,27-25-,31-30-,34-33-,37-36-,48-46-,56-53-. The molecule has 18 heteroatoms. The fraction of sp³-hybridized carbons (Fsp3) is 0.699. The molecule has 0 amide bonds. The van der Waals surface area contributed by atoms with Gasteiger partial charge in [-0.05, 0) is 116 Å². The normalized spacial score (nSPS) is 14.7. The summed E-state index contributed by atoms with van der Waals surface area (Å²) in [6.45, 7) is 2.41. The van der Waals surface area contributed by atoms with Gasteiger partial charge in [-0.1, -0.05) is 315 Å². The van der Waals surface area contributed by atoms with Gasteiger partial charge in [0.15, 0.2) is 6.10 Å². The molecule has 0 rings (SSSR count). The van der Waals surface area contributed by atoms with Crippen molar-refractivity contribution in [2.75, 3.05) is 39.6 Å². The van der Waals surface area contributed by atoms with Crippen LogP contribution in [0.3, 0.4) is 0 Å². The van der Waals surface area contributed by atoms with Crippen molar-refractivity contribution < 1.29 is 75.8 Å². The van der Waals surface area contributed by atoms with Crippen molar-refractivity contribution >= 4 is 33.6 Å². The lowest BCUT2D eigenvalue weighted by Crippen LogP contribution is -2.30. The average Bonchev–Trinajstić information content (AvgIpc) is 0.974. The molecule has 0 aliphatic rings. The monoisotopic (exact) mass is 1460 g/mol. The number of allylic oxidation sites excluding steroid dienone is 22. The Kier molecular flexibility index (Phi) is 72.2. The zero-order chi connectivity index (χ0) is 73.7. The second-order valence-corrected chi connectivity index (χ2v) is 29.0. The van der Waals surface area contributed by atoms with Crippen LogP contribution in [-0.2, 0) is 55.8 Å². The van der Waals surface area contributed by atoms with E-state index in [1.54, 1.807) is 0 Å². The molecule has 0 bridgehead atoms. The number of esters is 3. The molecular weight excluding hydrogens is 1310 g/mol. The molecule has 0 aliphatic carbocycles. The smallest absolute Gasteiger partial charge is 0.463 e. The van der Waals surface area contributed by atoms with Crippen LogP contribution in [0.25, 0.3) is 0 Å². The summed E-state index contributed by atoms with van der Waals surface area (Å²) < 4.78 is 61.0. The maximum atomic E-state index is 12.9. The van der Waals surface area contributed by atoms with Crippen molar-refractivity contribution in [3.8, 4) is 0 Å². The molecule has 0 aromatic rings. The van der Waals surface area contributed by atoms with Gasteiger partial charge in [0, 0.05) is 19.3 Å². The lowest BCUT2D eigenvalue weighted by atomic mass is 10.0. The number of unbranched alkanes of at least 4 members (excludes halogenated alkanes) is 29. The molecular formula is C83H142O16P2. The van der Waals surface area contributed by atoms with Gasteiger partial charge in [-0.25, -0.2) is 9.13 Å². The van der Waals surface area contributed by atoms with Crippen LogP contribution in [0.2, 0.25) is 0 Å². The molecule has 0 saturated carbocycles. The van der Waals surface area contributed by atoms with Crippen LogP contribution >= 0.6 is 15.6 Å². The Morgan fingerprint density at radius 1 is 0.287 bits per heavy atom. The van der Waals surface area contributed by atoms with Gasteiger partial charge in [-0.3, -0.25) is 32.5 Å². The summed E-state index contributed by atoms with van der Waals surface area (Å²) in [5.74, 6) is -1.61. The lowest BCUT2D eigenvalue weighted by Gasteiger charge is -2.21. The van der Waals surface area contributed by atoms with Gasteiger partial charge in [-0.2, -0.15) is 0 Å². The minimum absolute atomic E-state index is 0.0978. The number of phosphoric acid groups is 2. The Morgan fingerprint density at radius 3 is 0.842 bits per heavy atom. The average molecular weight is 1460 g/mol. The molecule has 0 aromatic heterocycles. The summed E-state index contributed by atoms with van der Waals surface area (Å²) in [7, 11) is -9.79. The van der Waals surface area contributed by atoms with Crippen LogP contribution in [0, 0.1) is 0 Å². The third-order valence-electron chi connectivity index (χ3n) is 16.4. The largest absolute Gasteiger partial charge is 0.472 e. The Balaban J connectivity index is 4.35. The Bertz CT molecular complexity index is 2370. The maximum Gasteiger partial charge on any atom is 0.472 e. The summed E-state index contributed by atoms with van der Waals surface area (Å²) in [5, 5.41) is 20.6. The van der Waals surface area contributed by atoms with Crippen molar-refractivity contribution in [1.82, 2.24) is 0 Å². The highest BCUT2D eigenvalue weighted by atomic mass is 31.2. The molecule has 101 heavy (non-hydrogen) atoms. The minimum atomic E-state index is -4.93. The van der Waals surface area contributed by atoms with E-state index in [2.05, 4.69) is 154 Å². The van der Waals surface area contributed by atoms with Crippen molar-refractivity contribution in [2.45, 2.75) is 334 Å². The molecule has 0 radical (unpaired) electrons. The first kappa shape index (κ1) is 96.7. The van der Waals surface area contributed by atoms with E-state index in [9.17, 15) is 43.5 Å². The highest BCUT2D eigenvalue weighted by molar-refractivity contribution is 7.47. The molecule has 0 saturated heterocycles. The first-order valence-corrected chi connectivity index (χ1v) is 42.5. The van der Waals surface area contributed by atoms with Crippen LogP contribution < -0.4 is 0 Å². The van der Waals surface area contributed by atoms with Crippen LogP contribution in [0.5, 0.6) is 0 Å². The van der Waals surface area contributed by atoms with Gasteiger partial charge in [0.25, 0.3) is 0 Å². The van der Waals surface area contributed by atoms with Crippen molar-refractivity contribution in [3.05, 3.63) is 134 Å². The summed E-state index contributed by atoms with van der Waals surface area (Å²) in [5.41, 5.74) is 0. The van der Waals surface area contributed by atoms with E-state index in [4.69, 9.17) is 32.3 Å². The van der Waals surface area contributed by atoms with E-state index in [-0.39, 0.29) is 19.3 Å². The summed E-state index contributed by atoms with van der Waals surface area (Å²) in [4.78, 5) is 58.5. The number of aliphatic hydroxyl groups is 2. The van der Waals surface area contributed by atoms with Gasteiger partial charge >= 0.3 is 33.6 Å². The molecule has 5 unspecified atom stereocenters. The SMILES string of the molecule is CC/C=C\C/C=C\C/C=C\C/C=C\C/C=C\C/C=C\CCCCCCCCCCCCCCCCCCC(=O)OCC(O)COP(=O)(O)OCC(O)COP(=O)(O)OCC(COC(=O)CCCCC/C=C\C/C=C\C/C=C\C/C=C\C/C=C\CC)OC(=O)CCCCCCCCCCCCC. The number of ether oxygens (including phenoxy) is 3. The van der Waals surface area contributed by atoms with Gasteiger partial charge in [0.05, 0.1) is 26.4 Å².